The van der Waals surface area contributed by atoms with E-state index in [1.807, 2.05) is 0 Å². The standard InChI is InChI=1S/C16H14N4O4/c21-15(19-17-9-1-5-13-7-3-11-23-13)16(22)20-18-10-2-6-14-8-4-12-24-14/h1-12H,(H,19,21)(H,20,22). The molecule has 0 bridgehead atoms. The first-order valence-electron chi connectivity index (χ1n) is 6.82. The van der Waals surface area contributed by atoms with Crippen LogP contribution in [0.1, 0.15) is 11.5 Å². The van der Waals surface area contributed by atoms with Gasteiger partial charge in [0, 0.05) is 12.4 Å². The van der Waals surface area contributed by atoms with Crippen molar-refractivity contribution in [3.05, 3.63) is 60.5 Å². The number of rotatable bonds is 6. The van der Waals surface area contributed by atoms with E-state index in [2.05, 4.69) is 21.1 Å². The Labute approximate surface area is 137 Å². The number of carbonyl (C=O) groups excluding carboxylic acids is 2. The molecule has 0 aliphatic carbocycles. The highest BCUT2D eigenvalue weighted by Crippen LogP contribution is 2.01. The first kappa shape index (κ1) is 16.7. The molecular weight excluding hydrogens is 312 g/mol. The summed E-state index contributed by atoms with van der Waals surface area (Å²) in [5.41, 5.74) is 4.11. The Morgan fingerprint density at radius 3 is 1.67 bits per heavy atom. The van der Waals surface area contributed by atoms with Crippen molar-refractivity contribution in [1.29, 1.82) is 0 Å². The van der Waals surface area contributed by atoms with E-state index in [0.717, 1.165) is 0 Å². The number of furan rings is 2. The zero-order chi connectivity index (χ0) is 17.0. The molecule has 0 aliphatic heterocycles. The van der Waals surface area contributed by atoms with Crippen LogP contribution in [0.5, 0.6) is 0 Å². The highest BCUT2D eigenvalue weighted by atomic mass is 16.3. The van der Waals surface area contributed by atoms with Crippen molar-refractivity contribution in [1.82, 2.24) is 10.9 Å². The number of hydrogen-bond acceptors (Lipinski definition) is 6. The molecule has 0 aromatic carbocycles. The van der Waals surface area contributed by atoms with Gasteiger partial charge in [0.2, 0.25) is 0 Å². The van der Waals surface area contributed by atoms with Gasteiger partial charge in [-0.15, -0.1) is 0 Å². The number of amides is 2. The van der Waals surface area contributed by atoms with E-state index in [-0.39, 0.29) is 0 Å². The number of allylic oxidation sites excluding steroid dienone is 2. The van der Waals surface area contributed by atoms with Crippen molar-refractivity contribution in [2.45, 2.75) is 0 Å². The molecular formula is C16H14N4O4. The van der Waals surface area contributed by atoms with Crippen LogP contribution in [-0.2, 0) is 9.59 Å². The normalized spacial score (nSPS) is 11.8. The maximum Gasteiger partial charge on any atom is 0.331 e. The Kier molecular flexibility index (Phi) is 6.51. The fourth-order valence-electron chi connectivity index (χ4n) is 1.43. The van der Waals surface area contributed by atoms with Gasteiger partial charge in [0.05, 0.1) is 12.5 Å². The van der Waals surface area contributed by atoms with E-state index in [1.165, 1.54) is 25.0 Å². The number of hydrazone groups is 2. The van der Waals surface area contributed by atoms with Gasteiger partial charge in [-0.25, -0.2) is 10.9 Å². The topological polar surface area (TPSA) is 109 Å². The lowest BCUT2D eigenvalue weighted by molar-refractivity contribution is -0.139. The highest BCUT2D eigenvalue weighted by Gasteiger charge is 2.10. The molecule has 0 saturated heterocycles. The molecule has 2 heterocycles. The maximum atomic E-state index is 11.4. The molecule has 2 amide bonds. The van der Waals surface area contributed by atoms with Gasteiger partial charge < -0.3 is 8.83 Å². The third-order valence-corrected chi connectivity index (χ3v) is 2.47. The van der Waals surface area contributed by atoms with Gasteiger partial charge in [0.15, 0.2) is 0 Å². The summed E-state index contributed by atoms with van der Waals surface area (Å²) in [6.45, 7) is 0. The molecule has 0 saturated carbocycles. The minimum Gasteiger partial charge on any atom is -0.465 e. The summed E-state index contributed by atoms with van der Waals surface area (Å²) in [6, 6.07) is 7.00. The van der Waals surface area contributed by atoms with Crippen molar-refractivity contribution in [3.8, 4) is 0 Å². The number of nitrogens with one attached hydrogen (secondary N) is 2. The van der Waals surface area contributed by atoms with Crippen molar-refractivity contribution < 1.29 is 18.4 Å². The lowest BCUT2D eigenvalue weighted by atomic mass is 10.4. The second-order valence-corrected chi connectivity index (χ2v) is 4.19. The number of nitrogens with zero attached hydrogens (tertiary/aromatic N) is 2. The van der Waals surface area contributed by atoms with Crippen LogP contribution in [0.3, 0.4) is 0 Å². The monoisotopic (exact) mass is 326 g/mol. The van der Waals surface area contributed by atoms with Gasteiger partial charge in [-0.3, -0.25) is 9.59 Å². The number of hydrogen-bond donors (Lipinski definition) is 2. The van der Waals surface area contributed by atoms with Crippen LogP contribution in [-0.4, -0.2) is 24.2 Å². The molecule has 2 aromatic heterocycles. The van der Waals surface area contributed by atoms with E-state index in [1.54, 1.807) is 48.6 Å². The zero-order valence-corrected chi connectivity index (χ0v) is 12.5. The maximum absolute atomic E-state index is 11.4. The third-order valence-electron chi connectivity index (χ3n) is 2.47. The Balaban J connectivity index is 1.67. The quantitative estimate of drug-likeness (QED) is 0.479. The van der Waals surface area contributed by atoms with Gasteiger partial charge in [0.25, 0.3) is 0 Å². The first-order chi connectivity index (χ1) is 11.8. The fourth-order valence-corrected chi connectivity index (χ4v) is 1.43. The minimum absolute atomic E-state index is 0.641. The predicted octanol–water partition coefficient (Wildman–Crippen LogP) is 1.80. The zero-order valence-electron chi connectivity index (χ0n) is 12.5. The average Bonchev–Trinajstić information content (AvgIpc) is 3.27. The molecule has 2 rings (SSSR count). The highest BCUT2D eigenvalue weighted by molar-refractivity contribution is 6.35. The molecule has 0 unspecified atom stereocenters. The molecule has 2 N–H and O–H groups in total. The second kappa shape index (κ2) is 9.36. The average molecular weight is 326 g/mol. The molecule has 24 heavy (non-hydrogen) atoms. The predicted molar refractivity (Wildman–Crippen MR) is 88.8 cm³/mol. The summed E-state index contributed by atoms with van der Waals surface area (Å²) >= 11 is 0. The van der Waals surface area contributed by atoms with Crippen molar-refractivity contribution in [2.75, 3.05) is 0 Å². The van der Waals surface area contributed by atoms with Crippen LogP contribution in [0, 0.1) is 0 Å². The smallest absolute Gasteiger partial charge is 0.331 e. The molecule has 0 fully saturated rings. The summed E-state index contributed by atoms with van der Waals surface area (Å²) < 4.78 is 10.1. The van der Waals surface area contributed by atoms with Crippen LogP contribution < -0.4 is 10.9 Å². The van der Waals surface area contributed by atoms with Crippen molar-refractivity contribution in [3.63, 3.8) is 0 Å². The van der Waals surface area contributed by atoms with Crippen molar-refractivity contribution >= 4 is 36.4 Å². The second-order valence-electron chi connectivity index (χ2n) is 4.19. The molecule has 2 aromatic rings. The van der Waals surface area contributed by atoms with Crippen LogP contribution >= 0.6 is 0 Å². The molecule has 0 radical (unpaired) electrons. The number of carbonyl (C=O) groups is 2. The first-order valence-corrected chi connectivity index (χ1v) is 6.82. The summed E-state index contributed by atoms with van der Waals surface area (Å²) in [4.78, 5) is 22.8. The summed E-state index contributed by atoms with van der Waals surface area (Å²) in [5.74, 6) is -0.598. The minimum atomic E-state index is -0.940. The summed E-state index contributed by atoms with van der Waals surface area (Å²) in [7, 11) is 0. The molecule has 0 spiro atoms. The molecule has 0 aliphatic rings. The Hall–Kier alpha value is -3.68. The molecule has 8 heteroatoms. The van der Waals surface area contributed by atoms with Crippen LogP contribution in [0.25, 0.3) is 12.2 Å². The van der Waals surface area contributed by atoms with Crippen molar-refractivity contribution in [2.24, 2.45) is 10.2 Å². The van der Waals surface area contributed by atoms with E-state index >= 15 is 0 Å². The van der Waals surface area contributed by atoms with E-state index in [4.69, 9.17) is 8.83 Å². The van der Waals surface area contributed by atoms with Gasteiger partial charge in [0.1, 0.15) is 11.5 Å². The Bertz CT molecular complexity index is 690. The summed E-state index contributed by atoms with van der Waals surface area (Å²) in [5, 5.41) is 7.16. The van der Waals surface area contributed by atoms with E-state index < -0.39 is 11.8 Å². The Morgan fingerprint density at radius 2 is 1.29 bits per heavy atom. The third kappa shape index (κ3) is 5.98. The largest absolute Gasteiger partial charge is 0.465 e. The SMILES string of the molecule is O=C(NN=CC=Cc1ccco1)C(=O)NN=CC=Cc1ccco1. The van der Waals surface area contributed by atoms with Crippen LogP contribution in [0.15, 0.2) is 68.0 Å². The van der Waals surface area contributed by atoms with Gasteiger partial charge in [-0.1, -0.05) is 0 Å². The van der Waals surface area contributed by atoms with Gasteiger partial charge in [-0.2, -0.15) is 10.2 Å². The van der Waals surface area contributed by atoms with E-state index in [0.29, 0.717) is 11.5 Å². The van der Waals surface area contributed by atoms with E-state index in [9.17, 15) is 9.59 Å². The molecule has 8 nitrogen and oxygen atoms in total. The Morgan fingerprint density at radius 1 is 0.833 bits per heavy atom. The lowest BCUT2D eigenvalue weighted by Gasteiger charge is -1.96. The van der Waals surface area contributed by atoms with Gasteiger partial charge >= 0.3 is 11.8 Å². The van der Waals surface area contributed by atoms with Crippen LogP contribution in [0.4, 0.5) is 0 Å². The van der Waals surface area contributed by atoms with Gasteiger partial charge in [-0.05, 0) is 48.6 Å². The van der Waals surface area contributed by atoms with Crippen LogP contribution in [0.2, 0.25) is 0 Å². The summed E-state index contributed by atoms with van der Waals surface area (Å²) in [6.07, 6.45) is 12.1. The fraction of sp³-hybridized carbons (Fsp3) is 0. The lowest BCUT2D eigenvalue weighted by Crippen LogP contribution is -2.35. The molecule has 122 valence electrons. The molecule has 0 atom stereocenters.